The fraction of sp³-hybridized carbons (Fsp3) is 0.194. The van der Waals surface area contributed by atoms with E-state index in [9.17, 15) is 28.4 Å². The van der Waals surface area contributed by atoms with Gasteiger partial charge in [0.1, 0.15) is 17.6 Å². The van der Waals surface area contributed by atoms with Gasteiger partial charge in [-0.2, -0.15) is 0 Å². The number of benzene rings is 3. The summed E-state index contributed by atoms with van der Waals surface area (Å²) in [5, 5.41) is 2.28. The van der Waals surface area contributed by atoms with Gasteiger partial charge >= 0.3 is 10.8 Å². The molecule has 6 rings (SSSR count). The molecule has 2 aliphatic rings. The highest BCUT2D eigenvalue weighted by atomic mass is 79.9. The predicted octanol–water partition coefficient (Wildman–Crippen LogP) is 5.42. The number of carbonyl (C=O) groups excluding carboxylic acids is 4. The average molecular weight is 697 g/mol. The number of esters is 1. The number of carbonyl (C=O) groups is 4. The smallest absolute Gasteiger partial charge is 0.338 e. The fourth-order valence-corrected chi connectivity index (χ4v) is 8.41. The van der Waals surface area contributed by atoms with Crippen molar-refractivity contribution >= 4 is 74.1 Å². The Morgan fingerprint density at radius 2 is 1.64 bits per heavy atom. The highest BCUT2D eigenvalue weighted by Crippen LogP contribution is 2.53. The lowest BCUT2D eigenvalue weighted by atomic mass is 9.83. The van der Waals surface area contributed by atoms with Crippen molar-refractivity contribution in [1.82, 2.24) is 4.57 Å². The first-order valence-corrected chi connectivity index (χ1v) is 16.0. The molecule has 3 amide bonds. The van der Waals surface area contributed by atoms with Crippen LogP contribution >= 0.6 is 39.0 Å². The van der Waals surface area contributed by atoms with Crippen LogP contribution in [-0.4, -0.2) is 40.1 Å². The average Bonchev–Trinajstić information content (AvgIpc) is 3.45. The van der Waals surface area contributed by atoms with Crippen LogP contribution < -0.4 is 15.1 Å². The van der Waals surface area contributed by atoms with E-state index < -0.39 is 51.5 Å². The van der Waals surface area contributed by atoms with E-state index in [1.165, 1.54) is 28.8 Å². The number of hydrogen-bond acceptors (Lipinski definition) is 8. The molecule has 1 fully saturated rings. The van der Waals surface area contributed by atoms with Crippen molar-refractivity contribution in [3.8, 4) is 0 Å². The van der Waals surface area contributed by atoms with Crippen molar-refractivity contribution < 1.29 is 28.3 Å². The molecule has 2 unspecified atom stereocenters. The molecule has 13 heteroatoms. The first-order valence-electron chi connectivity index (χ1n) is 13.5. The van der Waals surface area contributed by atoms with Gasteiger partial charge in [-0.1, -0.05) is 51.2 Å². The lowest BCUT2D eigenvalue weighted by Crippen LogP contribution is -2.33. The minimum Gasteiger partial charge on any atom is -0.462 e. The third kappa shape index (κ3) is 5.51. The van der Waals surface area contributed by atoms with E-state index in [0.717, 1.165) is 32.5 Å². The molecule has 0 spiro atoms. The predicted molar refractivity (Wildman–Crippen MR) is 168 cm³/mol. The molecule has 1 N–H and O–H groups in total. The van der Waals surface area contributed by atoms with Gasteiger partial charge in [0.15, 0.2) is 0 Å². The van der Waals surface area contributed by atoms with Crippen molar-refractivity contribution in [2.45, 2.75) is 29.7 Å². The van der Waals surface area contributed by atoms with Crippen LogP contribution in [0.25, 0.3) is 0 Å². The van der Waals surface area contributed by atoms with Gasteiger partial charge < -0.3 is 10.1 Å². The monoisotopic (exact) mass is 695 g/mol. The molecule has 0 bridgehead atoms. The van der Waals surface area contributed by atoms with E-state index in [-0.39, 0.29) is 13.2 Å². The summed E-state index contributed by atoms with van der Waals surface area (Å²) in [4.78, 5) is 67.3. The molecular weight excluding hydrogens is 673 g/mol. The zero-order chi connectivity index (χ0) is 31.1. The van der Waals surface area contributed by atoms with Crippen LogP contribution in [0.5, 0.6) is 0 Å². The summed E-state index contributed by atoms with van der Waals surface area (Å²) in [6, 6.07) is 18.6. The van der Waals surface area contributed by atoms with Crippen LogP contribution in [0.1, 0.15) is 33.6 Å². The molecule has 2 aliphatic heterocycles. The Kier molecular flexibility index (Phi) is 8.27. The largest absolute Gasteiger partial charge is 0.462 e. The molecule has 9 nitrogen and oxygen atoms in total. The van der Waals surface area contributed by atoms with Crippen molar-refractivity contribution in [2.24, 2.45) is 5.92 Å². The number of ether oxygens (including phenoxy) is 1. The number of hydrogen-bond donors (Lipinski definition) is 1. The number of anilines is 2. The molecule has 224 valence electrons. The van der Waals surface area contributed by atoms with Crippen molar-refractivity contribution in [3.05, 3.63) is 109 Å². The molecule has 1 aromatic heterocycles. The molecule has 3 atom stereocenters. The van der Waals surface area contributed by atoms with Gasteiger partial charge in [0.25, 0.3) is 0 Å². The van der Waals surface area contributed by atoms with Crippen LogP contribution in [0, 0.1) is 11.7 Å². The summed E-state index contributed by atoms with van der Waals surface area (Å²) in [6.07, 6.45) is 0. The Morgan fingerprint density at radius 1 is 0.955 bits per heavy atom. The van der Waals surface area contributed by atoms with E-state index in [1.807, 2.05) is 0 Å². The quantitative estimate of drug-likeness (QED) is 0.203. The second kappa shape index (κ2) is 12.1. The van der Waals surface area contributed by atoms with Crippen LogP contribution in [0.2, 0.25) is 0 Å². The number of thiazole rings is 1. The number of thioether (sulfide) groups is 1. The lowest BCUT2D eigenvalue weighted by Gasteiger charge is -2.30. The maximum Gasteiger partial charge on any atom is 0.338 e. The minimum atomic E-state index is -0.868. The minimum absolute atomic E-state index is 0.237. The maximum atomic E-state index is 13.9. The van der Waals surface area contributed by atoms with E-state index in [2.05, 4.69) is 21.2 Å². The number of imide groups is 1. The van der Waals surface area contributed by atoms with Gasteiger partial charge in [-0.25, -0.2) is 14.1 Å². The van der Waals surface area contributed by atoms with Crippen LogP contribution in [0.3, 0.4) is 0 Å². The lowest BCUT2D eigenvalue weighted by molar-refractivity contribution is -0.122. The molecule has 0 saturated carbocycles. The summed E-state index contributed by atoms with van der Waals surface area (Å²) in [5.41, 5.74) is 1.75. The van der Waals surface area contributed by atoms with Crippen molar-refractivity contribution in [3.63, 3.8) is 0 Å². The maximum absolute atomic E-state index is 13.9. The normalized spacial score (nSPS) is 19.0. The molecule has 3 heterocycles. The number of aromatic nitrogens is 1. The second-order valence-corrected chi connectivity index (χ2v) is 13.1. The third-order valence-electron chi connectivity index (χ3n) is 7.34. The van der Waals surface area contributed by atoms with E-state index >= 15 is 0 Å². The molecular formula is C31H23BrFN3O6S2. The van der Waals surface area contributed by atoms with Crippen LogP contribution in [0.4, 0.5) is 15.8 Å². The number of nitrogens with zero attached hydrogens (tertiary/aromatic N) is 2. The standard InChI is InChI=1S/C31H23BrFN3O6S2/c1-2-42-30(40)17-5-11-20(12-6-17)34-22(37)15-35-29-26(44-31(35)41)23(16-3-9-19(33)10-4-16)24-25(43-29)28(39)36(27(24)38)21-13-7-18(32)8-14-21/h3-14,23-25H,2,15H2,1H3,(H,34,37)/t23-,24?,25?/m0/s1. The molecule has 0 aliphatic carbocycles. The molecule has 4 aromatic rings. The summed E-state index contributed by atoms with van der Waals surface area (Å²) in [7, 11) is 0. The topological polar surface area (TPSA) is 115 Å². The van der Waals surface area contributed by atoms with Crippen LogP contribution in [0.15, 0.2) is 87.1 Å². The molecule has 1 saturated heterocycles. The van der Waals surface area contributed by atoms with E-state index in [0.29, 0.717) is 32.4 Å². The number of halogens is 2. The molecule has 44 heavy (non-hydrogen) atoms. The Bertz CT molecular complexity index is 1840. The third-order valence-corrected chi connectivity index (χ3v) is 10.5. The highest BCUT2D eigenvalue weighted by Gasteiger charge is 2.56. The zero-order valence-corrected chi connectivity index (χ0v) is 26.2. The fourth-order valence-electron chi connectivity index (χ4n) is 5.38. The van der Waals surface area contributed by atoms with Crippen molar-refractivity contribution in [1.29, 1.82) is 0 Å². The van der Waals surface area contributed by atoms with Gasteiger partial charge in [-0.15, -0.1) is 0 Å². The summed E-state index contributed by atoms with van der Waals surface area (Å²) >= 11 is 5.37. The van der Waals surface area contributed by atoms with E-state index in [4.69, 9.17) is 4.74 Å². The number of fused-ring (bicyclic) bond motifs is 2. The molecule has 3 aromatic carbocycles. The second-order valence-electron chi connectivity index (χ2n) is 10.1. The first kappa shape index (κ1) is 30.0. The van der Waals surface area contributed by atoms with Gasteiger partial charge in [-0.05, 0) is 73.2 Å². The zero-order valence-electron chi connectivity index (χ0n) is 23.0. The SMILES string of the molecule is CCOC(=O)c1ccc(NC(=O)Cn2c3c(sc2=O)[C@@H](c2ccc(F)cc2)C2C(=O)N(c4ccc(Br)cc4)C(=O)C2S3)cc1. The number of rotatable bonds is 7. The Labute approximate surface area is 267 Å². The van der Waals surface area contributed by atoms with E-state index in [1.54, 1.807) is 55.5 Å². The van der Waals surface area contributed by atoms with Gasteiger partial charge in [0.05, 0.1) is 28.8 Å². The highest BCUT2D eigenvalue weighted by molar-refractivity contribution is 9.10. The summed E-state index contributed by atoms with van der Waals surface area (Å²) < 4.78 is 21.0. The number of nitrogens with one attached hydrogen (secondary N) is 1. The van der Waals surface area contributed by atoms with Gasteiger partial charge in [-0.3, -0.25) is 23.7 Å². The van der Waals surface area contributed by atoms with Crippen molar-refractivity contribution in [2.75, 3.05) is 16.8 Å². The number of amides is 3. The summed E-state index contributed by atoms with van der Waals surface area (Å²) in [5.74, 6) is -3.82. The van der Waals surface area contributed by atoms with Gasteiger partial charge in [0, 0.05) is 21.0 Å². The Morgan fingerprint density at radius 3 is 2.30 bits per heavy atom. The Hall–Kier alpha value is -4.07. The van der Waals surface area contributed by atoms with Gasteiger partial charge in [0.2, 0.25) is 17.7 Å². The van der Waals surface area contributed by atoms with Crippen LogP contribution in [-0.2, 0) is 25.7 Å². The first-order chi connectivity index (χ1) is 21.2. The summed E-state index contributed by atoms with van der Waals surface area (Å²) in [6.45, 7) is 1.60. The Balaban J connectivity index is 1.33. The molecule has 0 radical (unpaired) electrons.